The maximum Gasteiger partial charge on any atom is 0.243 e. The third-order valence-corrected chi connectivity index (χ3v) is 5.30. The van der Waals surface area contributed by atoms with E-state index in [2.05, 4.69) is 0 Å². The van der Waals surface area contributed by atoms with Gasteiger partial charge in [0.25, 0.3) is 0 Å². The number of nitrogens with zero attached hydrogens (tertiary/aromatic N) is 1. The van der Waals surface area contributed by atoms with Crippen molar-refractivity contribution >= 4 is 15.7 Å². The highest BCUT2D eigenvalue weighted by atomic mass is 32.2. The lowest BCUT2D eigenvalue weighted by Gasteiger charge is -2.34. The van der Waals surface area contributed by atoms with Crippen molar-refractivity contribution in [3.63, 3.8) is 0 Å². The molecule has 0 aromatic heterocycles. The van der Waals surface area contributed by atoms with Gasteiger partial charge in [0.2, 0.25) is 10.0 Å². The van der Waals surface area contributed by atoms with E-state index in [0.29, 0.717) is 12.8 Å². The van der Waals surface area contributed by atoms with Gasteiger partial charge in [-0.25, -0.2) is 12.8 Å². The first-order valence-corrected chi connectivity index (χ1v) is 7.44. The molecule has 1 fully saturated rings. The van der Waals surface area contributed by atoms with Crippen molar-refractivity contribution in [2.45, 2.75) is 30.3 Å². The third-order valence-electron chi connectivity index (χ3n) is 3.40. The van der Waals surface area contributed by atoms with Gasteiger partial charge in [0.1, 0.15) is 5.82 Å². The van der Waals surface area contributed by atoms with Crippen LogP contribution in [-0.4, -0.2) is 36.5 Å². The molecule has 3 N–H and O–H groups in total. The van der Waals surface area contributed by atoms with Gasteiger partial charge in [-0.3, -0.25) is 0 Å². The minimum absolute atomic E-state index is 0.0204. The van der Waals surface area contributed by atoms with Gasteiger partial charge in [-0.2, -0.15) is 4.31 Å². The van der Waals surface area contributed by atoms with Crippen molar-refractivity contribution in [3.8, 4) is 0 Å². The highest BCUT2D eigenvalue weighted by Gasteiger charge is 2.34. The summed E-state index contributed by atoms with van der Waals surface area (Å²) in [6.07, 6.45) is 0.756. The molecular formula is C12H17FN2O3S. The minimum atomic E-state index is -3.68. The first kappa shape index (κ1) is 14.2. The fourth-order valence-electron chi connectivity index (χ4n) is 2.04. The second-order valence-electron chi connectivity index (χ2n) is 5.08. The summed E-state index contributed by atoms with van der Waals surface area (Å²) in [6.45, 7) is 2.17. The molecular weight excluding hydrogens is 271 g/mol. The predicted molar refractivity (Wildman–Crippen MR) is 69.4 cm³/mol. The van der Waals surface area contributed by atoms with E-state index in [1.54, 1.807) is 6.92 Å². The normalized spacial score (nSPS) is 20.4. The molecule has 0 atom stereocenters. The maximum atomic E-state index is 13.1. The van der Waals surface area contributed by atoms with E-state index in [4.69, 9.17) is 5.73 Å². The summed E-state index contributed by atoms with van der Waals surface area (Å²) in [7, 11) is -3.68. The second kappa shape index (κ2) is 4.73. The Kier molecular flexibility index (Phi) is 3.55. The predicted octanol–water partition coefficient (Wildman–Crippen LogP) is 0.943. The van der Waals surface area contributed by atoms with E-state index < -0.39 is 21.4 Å². The van der Waals surface area contributed by atoms with E-state index in [0.717, 1.165) is 12.1 Å². The monoisotopic (exact) mass is 288 g/mol. The van der Waals surface area contributed by atoms with Crippen LogP contribution in [0.1, 0.15) is 19.8 Å². The van der Waals surface area contributed by atoms with Gasteiger partial charge in [-0.05, 0) is 38.0 Å². The lowest BCUT2D eigenvalue weighted by molar-refractivity contribution is 0.0126. The van der Waals surface area contributed by atoms with Crippen LogP contribution in [0.25, 0.3) is 0 Å². The molecule has 0 radical (unpaired) electrons. The van der Waals surface area contributed by atoms with Crippen molar-refractivity contribution in [1.29, 1.82) is 0 Å². The number of hydrogen-bond acceptors (Lipinski definition) is 4. The summed E-state index contributed by atoms with van der Waals surface area (Å²) < 4.78 is 39.0. The van der Waals surface area contributed by atoms with Crippen molar-refractivity contribution < 1.29 is 17.9 Å². The number of piperidine rings is 1. The van der Waals surface area contributed by atoms with Crippen molar-refractivity contribution in [1.82, 2.24) is 4.31 Å². The number of nitrogens with two attached hydrogens (primary N) is 1. The molecule has 2 rings (SSSR count). The zero-order chi connectivity index (χ0) is 14.3. The Morgan fingerprint density at radius 1 is 1.37 bits per heavy atom. The third kappa shape index (κ3) is 2.88. The Hall–Kier alpha value is -1.18. The Morgan fingerprint density at radius 3 is 2.47 bits per heavy atom. The van der Waals surface area contributed by atoms with Gasteiger partial charge < -0.3 is 10.8 Å². The number of halogens is 1. The zero-order valence-electron chi connectivity index (χ0n) is 10.6. The average Bonchev–Trinajstić information content (AvgIpc) is 2.32. The Balaban J connectivity index is 2.25. The molecule has 0 spiro atoms. The molecule has 1 aliphatic heterocycles. The second-order valence-corrected chi connectivity index (χ2v) is 7.02. The number of hydrogen-bond donors (Lipinski definition) is 2. The van der Waals surface area contributed by atoms with E-state index in [1.807, 2.05) is 0 Å². The van der Waals surface area contributed by atoms with Crippen LogP contribution in [0.3, 0.4) is 0 Å². The van der Waals surface area contributed by atoms with Crippen LogP contribution in [0.15, 0.2) is 23.1 Å². The topological polar surface area (TPSA) is 83.6 Å². The van der Waals surface area contributed by atoms with Gasteiger partial charge in [-0.1, -0.05) is 0 Å². The Labute approximate surface area is 111 Å². The quantitative estimate of drug-likeness (QED) is 0.793. The molecule has 1 aromatic carbocycles. The molecule has 1 heterocycles. The highest BCUT2D eigenvalue weighted by molar-refractivity contribution is 7.89. The van der Waals surface area contributed by atoms with Gasteiger partial charge in [0, 0.05) is 13.1 Å². The van der Waals surface area contributed by atoms with Gasteiger partial charge >= 0.3 is 0 Å². The van der Waals surface area contributed by atoms with Crippen molar-refractivity contribution in [2.75, 3.05) is 18.8 Å². The number of benzene rings is 1. The number of aliphatic hydroxyl groups is 1. The van der Waals surface area contributed by atoms with Crippen LogP contribution in [-0.2, 0) is 10.0 Å². The summed E-state index contributed by atoms with van der Waals surface area (Å²) in [5.74, 6) is -0.638. The number of nitrogen functional groups attached to an aromatic ring is 1. The SMILES string of the molecule is CC1(O)CCN(S(=O)(=O)c2ccc(F)c(N)c2)CC1. The maximum absolute atomic E-state index is 13.1. The van der Waals surface area contributed by atoms with Crippen LogP contribution in [0.4, 0.5) is 10.1 Å². The molecule has 0 saturated carbocycles. The van der Waals surface area contributed by atoms with E-state index >= 15 is 0 Å². The summed E-state index contributed by atoms with van der Waals surface area (Å²) in [4.78, 5) is -0.0204. The standard InChI is InChI=1S/C12H17FN2O3S/c1-12(16)4-6-15(7-5-12)19(17,18)9-2-3-10(13)11(14)8-9/h2-3,8,16H,4-7,14H2,1H3. The molecule has 0 aliphatic carbocycles. The molecule has 0 unspecified atom stereocenters. The number of rotatable bonds is 2. The molecule has 7 heteroatoms. The molecule has 0 bridgehead atoms. The fraction of sp³-hybridized carbons (Fsp3) is 0.500. The van der Waals surface area contributed by atoms with Gasteiger partial charge in [0.05, 0.1) is 16.2 Å². The fourth-order valence-corrected chi connectivity index (χ4v) is 3.52. The van der Waals surface area contributed by atoms with Crippen LogP contribution in [0, 0.1) is 5.82 Å². The highest BCUT2D eigenvalue weighted by Crippen LogP contribution is 2.27. The first-order chi connectivity index (χ1) is 8.72. The molecule has 5 nitrogen and oxygen atoms in total. The smallest absolute Gasteiger partial charge is 0.243 e. The van der Waals surface area contributed by atoms with E-state index in [9.17, 15) is 17.9 Å². The number of sulfonamides is 1. The van der Waals surface area contributed by atoms with E-state index in [1.165, 1.54) is 10.4 Å². The molecule has 19 heavy (non-hydrogen) atoms. The Bertz CT molecular complexity index is 577. The molecule has 1 aromatic rings. The molecule has 1 saturated heterocycles. The number of anilines is 1. The first-order valence-electron chi connectivity index (χ1n) is 6.00. The lowest BCUT2D eigenvalue weighted by Crippen LogP contribution is -2.45. The summed E-state index contributed by atoms with van der Waals surface area (Å²) >= 11 is 0. The van der Waals surface area contributed by atoms with Crippen molar-refractivity contribution in [3.05, 3.63) is 24.0 Å². The summed E-state index contributed by atoms with van der Waals surface area (Å²) in [6, 6.07) is 3.37. The summed E-state index contributed by atoms with van der Waals surface area (Å²) in [5.41, 5.74) is 4.38. The Morgan fingerprint density at radius 2 is 1.95 bits per heavy atom. The van der Waals surface area contributed by atoms with Gasteiger partial charge in [-0.15, -0.1) is 0 Å². The lowest BCUT2D eigenvalue weighted by atomic mass is 9.95. The molecule has 1 aliphatic rings. The minimum Gasteiger partial charge on any atom is -0.396 e. The average molecular weight is 288 g/mol. The van der Waals surface area contributed by atoms with E-state index in [-0.39, 0.29) is 23.7 Å². The molecule has 0 amide bonds. The van der Waals surface area contributed by atoms with Gasteiger partial charge in [0.15, 0.2) is 0 Å². The van der Waals surface area contributed by atoms with Crippen LogP contribution in [0.5, 0.6) is 0 Å². The largest absolute Gasteiger partial charge is 0.396 e. The van der Waals surface area contributed by atoms with Crippen LogP contribution < -0.4 is 5.73 Å². The van der Waals surface area contributed by atoms with Crippen LogP contribution >= 0.6 is 0 Å². The zero-order valence-corrected chi connectivity index (χ0v) is 11.5. The summed E-state index contributed by atoms with van der Waals surface area (Å²) in [5, 5.41) is 9.82. The molecule has 106 valence electrons. The van der Waals surface area contributed by atoms with Crippen molar-refractivity contribution in [2.24, 2.45) is 0 Å². The van der Waals surface area contributed by atoms with Crippen LogP contribution in [0.2, 0.25) is 0 Å².